The fourth-order valence-electron chi connectivity index (χ4n) is 1.90. The van der Waals surface area contributed by atoms with Crippen molar-refractivity contribution in [2.45, 2.75) is 27.2 Å². The van der Waals surface area contributed by atoms with Gasteiger partial charge in [-0.15, -0.1) is 0 Å². The summed E-state index contributed by atoms with van der Waals surface area (Å²) in [5.74, 6) is 0.296. The van der Waals surface area contributed by atoms with E-state index in [2.05, 4.69) is 5.32 Å². The van der Waals surface area contributed by atoms with Gasteiger partial charge < -0.3 is 15.0 Å². The largest absolute Gasteiger partial charge is 0.484 e. The number of likely N-dealkylation sites (N-methyl/N-ethyl adjacent to an activating group) is 1. The lowest BCUT2D eigenvalue weighted by Crippen LogP contribution is -2.40. The number of hydrogen-bond donors (Lipinski definition) is 1. The van der Waals surface area contributed by atoms with Crippen LogP contribution in [0.5, 0.6) is 5.75 Å². The molecule has 1 N–H and O–H groups in total. The summed E-state index contributed by atoms with van der Waals surface area (Å²) in [7, 11) is 1.60. The van der Waals surface area contributed by atoms with Gasteiger partial charge in [0, 0.05) is 13.6 Å². The van der Waals surface area contributed by atoms with Crippen molar-refractivity contribution >= 4 is 11.8 Å². The van der Waals surface area contributed by atoms with Crippen LogP contribution in [0.1, 0.15) is 24.5 Å². The summed E-state index contributed by atoms with van der Waals surface area (Å²) in [5.41, 5.74) is 2.18. The van der Waals surface area contributed by atoms with Crippen molar-refractivity contribution in [3.05, 3.63) is 29.3 Å². The summed E-state index contributed by atoms with van der Waals surface area (Å²) in [5, 5.41) is 2.73. The number of nitrogens with one attached hydrogen (secondary N) is 1. The third-order valence-corrected chi connectivity index (χ3v) is 2.94. The van der Waals surface area contributed by atoms with Crippen LogP contribution in [0.15, 0.2) is 18.2 Å². The van der Waals surface area contributed by atoms with Crippen molar-refractivity contribution in [1.82, 2.24) is 10.2 Å². The number of carbonyl (C=O) groups excluding carboxylic acids is 2. The van der Waals surface area contributed by atoms with E-state index >= 15 is 0 Å². The van der Waals surface area contributed by atoms with Crippen LogP contribution in [0.25, 0.3) is 0 Å². The Bertz CT molecular complexity index is 480. The highest BCUT2D eigenvalue weighted by Gasteiger charge is 2.13. The maximum absolute atomic E-state index is 11.9. The number of carbonyl (C=O) groups is 2. The molecule has 0 bridgehead atoms. The average molecular weight is 292 g/mol. The molecule has 0 fully saturated rings. The van der Waals surface area contributed by atoms with Gasteiger partial charge in [-0.25, -0.2) is 0 Å². The second kappa shape index (κ2) is 8.29. The SMILES string of the molecule is CCCNC(=O)CN(C)C(=O)COc1cc(C)cc(C)c1. The van der Waals surface area contributed by atoms with E-state index < -0.39 is 0 Å². The molecule has 1 aromatic carbocycles. The Morgan fingerprint density at radius 2 is 1.81 bits per heavy atom. The topological polar surface area (TPSA) is 58.6 Å². The Morgan fingerprint density at radius 3 is 2.38 bits per heavy atom. The van der Waals surface area contributed by atoms with Crippen molar-refractivity contribution in [2.24, 2.45) is 0 Å². The maximum atomic E-state index is 11.9. The molecule has 0 atom stereocenters. The first-order chi connectivity index (χ1) is 9.92. The molecule has 1 aromatic rings. The molecular weight excluding hydrogens is 268 g/mol. The first-order valence-electron chi connectivity index (χ1n) is 7.14. The molecule has 2 amide bonds. The minimum atomic E-state index is -0.221. The molecule has 1 rings (SSSR count). The van der Waals surface area contributed by atoms with Gasteiger partial charge in [-0.3, -0.25) is 9.59 Å². The van der Waals surface area contributed by atoms with Crippen molar-refractivity contribution < 1.29 is 14.3 Å². The summed E-state index contributed by atoms with van der Waals surface area (Å²) < 4.78 is 5.49. The summed E-state index contributed by atoms with van der Waals surface area (Å²) >= 11 is 0. The van der Waals surface area contributed by atoms with Gasteiger partial charge in [0.1, 0.15) is 5.75 Å². The van der Waals surface area contributed by atoms with E-state index in [1.807, 2.05) is 39.0 Å². The Morgan fingerprint density at radius 1 is 1.19 bits per heavy atom. The first-order valence-corrected chi connectivity index (χ1v) is 7.14. The predicted octanol–water partition coefficient (Wildman–Crippen LogP) is 1.67. The van der Waals surface area contributed by atoms with Crippen LogP contribution in [0.3, 0.4) is 0 Å². The highest BCUT2D eigenvalue weighted by Crippen LogP contribution is 2.16. The van der Waals surface area contributed by atoms with E-state index in [0.717, 1.165) is 17.5 Å². The highest BCUT2D eigenvalue weighted by atomic mass is 16.5. The van der Waals surface area contributed by atoms with Crippen LogP contribution in [-0.2, 0) is 9.59 Å². The van der Waals surface area contributed by atoms with Gasteiger partial charge in [0.25, 0.3) is 5.91 Å². The first kappa shape index (κ1) is 17.0. The summed E-state index contributed by atoms with van der Waals surface area (Å²) in [6.07, 6.45) is 0.874. The molecule has 21 heavy (non-hydrogen) atoms. The zero-order chi connectivity index (χ0) is 15.8. The molecule has 0 aliphatic heterocycles. The molecule has 0 aromatic heterocycles. The van der Waals surface area contributed by atoms with Gasteiger partial charge in [-0.05, 0) is 43.5 Å². The third-order valence-electron chi connectivity index (χ3n) is 2.94. The molecular formula is C16H24N2O3. The van der Waals surface area contributed by atoms with Crippen LogP contribution in [0.4, 0.5) is 0 Å². The Kier molecular flexibility index (Phi) is 6.72. The van der Waals surface area contributed by atoms with Crippen LogP contribution >= 0.6 is 0 Å². The fourth-order valence-corrected chi connectivity index (χ4v) is 1.90. The minimum absolute atomic E-state index is 0.0506. The third kappa shape index (κ3) is 6.29. The molecule has 5 nitrogen and oxygen atoms in total. The maximum Gasteiger partial charge on any atom is 0.260 e. The van der Waals surface area contributed by atoms with E-state index in [0.29, 0.717) is 12.3 Å². The molecule has 0 aliphatic rings. The van der Waals surface area contributed by atoms with Crippen LogP contribution < -0.4 is 10.1 Å². The molecule has 0 spiro atoms. The summed E-state index contributed by atoms with van der Waals surface area (Å²) in [6.45, 7) is 6.54. The van der Waals surface area contributed by atoms with E-state index in [-0.39, 0.29) is 25.0 Å². The number of benzene rings is 1. The molecule has 0 unspecified atom stereocenters. The van der Waals surface area contributed by atoms with Crippen molar-refractivity contribution in [3.8, 4) is 5.75 Å². The van der Waals surface area contributed by atoms with Gasteiger partial charge in [-0.1, -0.05) is 13.0 Å². The normalized spacial score (nSPS) is 10.1. The second-order valence-electron chi connectivity index (χ2n) is 5.21. The number of amides is 2. The van der Waals surface area contributed by atoms with Crippen LogP contribution in [0.2, 0.25) is 0 Å². The fraction of sp³-hybridized carbons (Fsp3) is 0.500. The number of hydrogen-bond acceptors (Lipinski definition) is 3. The molecule has 0 radical (unpaired) electrons. The highest BCUT2D eigenvalue weighted by molar-refractivity contribution is 5.85. The Hall–Kier alpha value is -2.04. The summed E-state index contributed by atoms with van der Waals surface area (Å²) in [4.78, 5) is 24.8. The predicted molar refractivity (Wildman–Crippen MR) is 82.3 cm³/mol. The van der Waals surface area contributed by atoms with Crippen molar-refractivity contribution in [1.29, 1.82) is 0 Å². The number of aryl methyl sites for hydroxylation is 2. The lowest BCUT2D eigenvalue weighted by molar-refractivity contribution is -0.136. The Labute approximate surface area is 126 Å². The minimum Gasteiger partial charge on any atom is -0.484 e. The number of ether oxygens (including phenoxy) is 1. The van der Waals surface area contributed by atoms with Gasteiger partial charge in [0.05, 0.1) is 6.54 Å². The van der Waals surface area contributed by atoms with Crippen LogP contribution in [-0.4, -0.2) is 43.5 Å². The number of rotatable bonds is 7. The zero-order valence-electron chi connectivity index (χ0n) is 13.2. The molecule has 0 saturated carbocycles. The smallest absolute Gasteiger partial charge is 0.260 e. The molecule has 0 saturated heterocycles. The molecule has 116 valence electrons. The van der Waals surface area contributed by atoms with Gasteiger partial charge in [-0.2, -0.15) is 0 Å². The van der Waals surface area contributed by atoms with Crippen LogP contribution in [0, 0.1) is 13.8 Å². The molecule has 0 aliphatic carbocycles. The average Bonchev–Trinajstić information content (AvgIpc) is 2.41. The lowest BCUT2D eigenvalue weighted by Gasteiger charge is -2.17. The van der Waals surface area contributed by atoms with E-state index in [1.54, 1.807) is 7.05 Å². The van der Waals surface area contributed by atoms with E-state index in [4.69, 9.17) is 4.74 Å². The van der Waals surface area contributed by atoms with Crippen molar-refractivity contribution in [2.75, 3.05) is 26.7 Å². The standard InChI is InChI=1S/C16H24N2O3/c1-5-6-17-15(19)10-18(4)16(20)11-21-14-8-12(2)7-13(3)9-14/h7-9H,5-6,10-11H2,1-4H3,(H,17,19). The number of nitrogens with zero attached hydrogens (tertiary/aromatic N) is 1. The van der Waals surface area contributed by atoms with E-state index in [9.17, 15) is 9.59 Å². The quantitative estimate of drug-likeness (QED) is 0.831. The van der Waals surface area contributed by atoms with Crippen molar-refractivity contribution in [3.63, 3.8) is 0 Å². The van der Waals surface area contributed by atoms with Gasteiger partial charge in [0.2, 0.25) is 5.91 Å². The van der Waals surface area contributed by atoms with Gasteiger partial charge >= 0.3 is 0 Å². The molecule has 0 heterocycles. The monoisotopic (exact) mass is 292 g/mol. The lowest BCUT2D eigenvalue weighted by atomic mass is 10.1. The summed E-state index contributed by atoms with van der Waals surface area (Å²) in [6, 6.07) is 5.81. The zero-order valence-corrected chi connectivity index (χ0v) is 13.2. The Balaban J connectivity index is 2.43. The van der Waals surface area contributed by atoms with Gasteiger partial charge in [0.15, 0.2) is 6.61 Å². The second-order valence-corrected chi connectivity index (χ2v) is 5.21. The molecule has 5 heteroatoms. The van der Waals surface area contributed by atoms with E-state index in [1.165, 1.54) is 4.90 Å².